The Morgan fingerprint density at radius 3 is 2.44 bits per heavy atom. The fraction of sp³-hybridized carbons (Fsp3) is 0.235. The van der Waals surface area contributed by atoms with Gasteiger partial charge in [-0.3, -0.25) is 4.99 Å². The first-order valence-electron chi connectivity index (χ1n) is 7.30. The summed E-state index contributed by atoms with van der Waals surface area (Å²) in [5.41, 5.74) is 8.61. The Bertz CT molecular complexity index is 703. The number of rotatable bonds is 5. The zero-order valence-corrected chi connectivity index (χ0v) is 15.8. The van der Waals surface area contributed by atoms with Crippen LogP contribution in [0.4, 0.5) is 18.9 Å². The van der Waals surface area contributed by atoms with Gasteiger partial charge in [0.1, 0.15) is 5.75 Å². The van der Waals surface area contributed by atoms with Gasteiger partial charge in [-0.2, -0.15) is 0 Å². The Hall–Kier alpha value is -1.97. The maximum Gasteiger partial charge on any atom is 0.573 e. The number of alkyl halides is 3. The number of anilines is 1. The van der Waals surface area contributed by atoms with Crippen molar-refractivity contribution in [3.63, 3.8) is 0 Å². The average Bonchev–Trinajstić information content (AvgIpc) is 2.47. The summed E-state index contributed by atoms with van der Waals surface area (Å²) >= 11 is 0. The van der Waals surface area contributed by atoms with Gasteiger partial charge in [0, 0.05) is 12.2 Å². The molecule has 0 unspecified atom stereocenters. The fourth-order valence-electron chi connectivity index (χ4n) is 2.07. The molecule has 0 fully saturated rings. The molecule has 4 nitrogen and oxygen atoms in total. The van der Waals surface area contributed by atoms with E-state index < -0.39 is 6.36 Å². The topological polar surface area (TPSA) is 59.6 Å². The van der Waals surface area contributed by atoms with E-state index in [1.807, 2.05) is 31.2 Å². The van der Waals surface area contributed by atoms with E-state index in [9.17, 15) is 13.2 Å². The maximum atomic E-state index is 12.1. The van der Waals surface area contributed by atoms with Gasteiger partial charge in [-0.25, -0.2) is 0 Å². The van der Waals surface area contributed by atoms with Crippen molar-refractivity contribution in [3.8, 4) is 5.75 Å². The molecule has 3 N–H and O–H groups in total. The maximum absolute atomic E-state index is 12.1. The van der Waals surface area contributed by atoms with Crippen LogP contribution >= 0.6 is 24.0 Å². The third-order valence-corrected chi connectivity index (χ3v) is 3.13. The highest BCUT2D eigenvalue weighted by molar-refractivity contribution is 14.0. The van der Waals surface area contributed by atoms with Crippen molar-refractivity contribution in [2.75, 3.05) is 11.9 Å². The van der Waals surface area contributed by atoms with E-state index in [1.165, 1.54) is 12.1 Å². The van der Waals surface area contributed by atoms with Crippen molar-refractivity contribution >= 4 is 35.6 Å². The van der Waals surface area contributed by atoms with Crippen molar-refractivity contribution in [2.24, 2.45) is 10.7 Å². The predicted molar refractivity (Wildman–Crippen MR) is 104 cm³/mol. The van der Waals surface area contributed by atoms with Crippen LogP contribution in [-0.4, -0.2) is 18.9 Å². The van der Waals surface area contributed by atoms with Crippen molar-refractivity contribution < 1.29 is 17.9 Å². The molecule has 8 heteroatoms. The molecule has 0 saturated heterocycles. The van der Waals surface area contributed by atoms with Crippen LogP contribution in [0.3, 0.4) is 0 Å². The van der Waals surface area contributed by atoms with Crippen LogP contribution in [0.15, 0.2) is 53.5 Å². The summed E-state index contributed by atoms with van der Waals surface area (Å²) in [6.07, 6.45) is -4.12. The molecule has 2 aromatic rings. The number of benzene rings is 2. The molecular weight excluding hydrogens is 446 g/mol. The van der Waals surface area contributed by atoms with Crippen LogP contribution < -0.4 is 15.8 Å². The van der Waals surface area contributed by atoms with Gasteiger partial charge >= 0.3 is 6.36 Å². The minimum Gasteiger partial charge on any atom is -0.406 e. The minimum atomic E-state index is -4.68. The minimum absolute atomic E-state index is 0. The van der Waals surface area contributed by atoms with Crippen LogP contribution in [0.5, 0.6) is 5.75 Å². The lowest BCUT2D eigenvalue weighted by Gasteiger charge is -2.09. The summed E-state index contributed by atoms with van der Waals surface area (Å²) in [5, 5.41) is 2.99. The van der Waals surface area contributed by atoms with Crippen molar-refractivity contribution in [2.45, 2.75) is 19.7 Å². The molecule has 0 aromatic heterocycles. The van der Waals surface area contributed by atoms with E-state index in [0.717, 1.165) is 16.8 Å². The Labute approximate surface area is 161 Å². The normalized spacial score (nSPS) is 11.6. The van der Waals surface area contributed by atoms with E-state index in [-0.39, 0.29) is 35.7 Å². The van der Waals surface area contributed by atoms with Crippen LogP contribution in [0.1, 0.15) is 11.1 Å². The zero-order chi connectivity index (χ0) is 17.6. The summed E-state index contributed by atoms with van der Waals surface area (Å²) in [4.78, 5) is 4.20. The molecule has 0 bridgehead atoms. The second-order valence-electron chi connectivity index (χ2n) is 5.20. The molecule has 0 aliphatic carbocycles. The standard InChI is InChI=1S/C17H18F3N3O.HI/c1-12-3-2-4-14(11-12)23-16(21)22-10-9-13-5-7-15(8-6-13)24-17(18,19)20;/h2-8,11H,9-10H2,1H3,(H3,21,22,23);1H. The number of halogens is 4. The Balaban J connectivity index is 0.00000312. The number of nitrogens with two attached hydrogens (primary N) is 1. The largest absolute Gasteiger partial charge is 0.573 e. The van der Waals surface area contributed by atoms with E-state index >= 15 is 0 Å². The van der Waals surface area contributed by atoms with E-state index in [0.29, 0.717) is 13.0 Å². The predicted octanol–water partition coefficient (Wildman–Crippen LogP) is 4.48. The molecule has 0 aliphatic rings. The first kappa shape index (κ1) is 21.1. The highest BCUT2D eigenvalue weighted by atomic mass is 127. The zero-order valence-electron chi connectivity index (χ0n) is 13.5. The highest BCUT2D eigenvalue weighted by Crippen LogP contribution is 2.22. The first-order chi connectivity index (χ1) is 11.3. The van der Waals surface area contributed by atoms with E-state index in [2.05, 4.69) is 15.0 Å². The van der Waals surface area contributed by atoms with Gasteiger partial charge in [-0.15, -0.1) is 37.1 Å². The number of hydrogen-bond acceptors (Lipinski definition) is 2. The molecule has 0 aliphatic heterocycles. The summed E-state index contributed by atoms with van der Waals surface area (Å²) in [7, 11) is 0. The van der Waals surface area contributed by atoms with Gasteiger partial charge < -0.3 is 15.8 Å². The van der Waals surface area contributed by atoms with Crippen molar-refractivity contribution in [1.29, 1.82) is 0 Å². The molecule has 2 rings (SSSR count). The van der Waals surface area contributed by atoms with E-state index in [1.54, 1.807) is 12.1 Å². The number of aryl methyl sites for hydroxylation is 1. The molecule has 0 heterocycles. The van der Waals surface area contributed by atoms with E-state index in [4.69, 9.17) is 5.73 Å². The Morgan fingerprint density at radius 2 is 1.84 bits per heavy atom. The van der Waals surface area contributed by atoms with Crippen LogP contribution in [0.2, 0.25) is 0 Å². The first-order valence-corrected chi connectivity index (χ1v) is 7.30. The number of nitrogens with one attached hydrogen (secondary N) is 1. The van der Waals surface area contributed by atoms with Gasteiger partial charge in [-0.05, 0) is 48.7 Å². The number of guanidine groups is 1. The van der Waals surface area contributed by atoms with Gasteiger partial charge in [0.05, 0.1) is 0 Å². The second kappa shape index (κ2) is 9.50. The number of aliphatic imine (C=N–C) groups is 1. The molecule has 0 radical (unpaired) electrons. The lowest BCUT2D eigenvalue weighted by atomic mass is 10.1. The third kappa shape index (κ3) is 8.10. The van der Waals surface area contributed by atoms with Crippen molar-refractivity contribution in [3.05, 3.63) is 59.7 Å². The van der Waals surface area contributed by atoms with Gasteiger partial charge in [0.25, 0.3) is 0 Å². The molecule has 25 heavy (non-hydrogen) atoms. The average molecular weight is 465 g/mol. The van der Waals surface area contributed by atoms with Gasteiger partial charge in [0.2, 0.25) is 0 Å². The molecule has 0 saturated carbocycles. The number of ether oxygens (including phenoxy) is 1. The molecular formula is C17H19F3IN3O. The molecule has 0 spiro atoms. The molecule has 0 amide bonds. The van der Waals surface area contributed by atoms with Crippen molar-refractivity contribution in [1.82, 2.24) is 0 Å². The molecule has 2 aromatic carbocycles. The van der Waals surface area contributed by atoms with Crippen LogP contribution in [0.25, 0.3) is 0 Å². The number of nitrogens with zero attached hydrogens (tertiary/aromatic N) is 1. The van der Waals surface area contributed by atoms with Crippen LogP contribution in [0, 0.1) is 6.92 Å². The smallest absolute Gasteiger partial charge is 0.406 e. The SMILES string of the molecule is Cc1cccc(NC(N)=NCCc2ccc(OC(F)(F)F)cc2)c1.I. The highest BCUT2D eigenvalue weighted by Gasteiger charge is 2.30. The summed E-state index contributed by atoms with van der Waals surface area (Å²) in [5.74, 6) is 0.0491. The van der Waals surface area contributed by atoms with Crippen LogP contribution in [-0.2, 0) is 6.42 Å². The molecule has 0 atom stereocenters. The quantitative estimate of drug-likeness (QED) is 0.389. The summed E-state index contributed by atoms with van der Waals surface area (Å²) < 4.78 is 40.0. The molecule has 136 valence electrons. The van der Waals surface area contributed by atoms with Gasteiger partial charge in [0.15, 0.2) is 5.96 Å². The number of hydrogen-bond donors (Lipinski definition) is 2. The lowest BCUT2D eigenvalue weighted by molar-refractivity contribution is -0.274. The fourth-order valence-corrected chi connectivity index (χ4v) is 2.07. The second-order valence-corrected chi connectivity index (χ2v) is 5.20. The van der Waals surface area contributed by atoms with Gasteiger partial charge in [-0.1, -0.05) is 24.3 Å². The lowest BCUT2D eigenvalue weighted by Crippen LogP contribution is -2.23. The summed E-state index contributed by atoms with van der Waals surface area (Å²) in [6, 6.07) is 13.4. The monoisotopic (exact) mass is 465 g/mol. The summed E-state index contributed by atoms with van der Waals surface area (Å²) in [6.45, 7) is 2.40. The third-order valence-electron chi connectivity index (χ3n) is 3.13. The Morgan fingerprint density at radius 1 is 1.16 bits per heavy atom. The Kier molecular flexibility index (Phi) is 8.01.